The Hall–Kier alpha value is -0.410. The van der Waals surface area contributed by atoms with Crippen molar-refractivity contribution in [3.05, 3.63) is 0 Å². The van der Waals surface area contributed by atoms with Gasteiger partial charge in [0.05, 0.1) is 12.2 Å². The summed E-state index contributed by atoms with van der Waals surface area (Å²) in [4.78, 5) is 12.4. The Kier molecular flexibility index (Phi) is 4.23. The van der Waals surface area contributed by atoms with Crippen LogP contribution in [-0.2, 0) is 14.3 Å². The molecule has 0 bridgehead atoms. The second-order valence-corrected chi connectivity index (χ2v) is 6.68. The summed E-state index contributed by atoms with van der Waals surface area (Å²) < 4.78 is 11.4. The van der Waals surface area contributed by atoms with E-state index >= 15 is 0 Å². The number of Topliss-reactive ketones (excluding diaryl/α,β-unsaturated/α-hetero) is 1. The van der Waals surface area contributed by atoms with Crippen molar-refractivity contribution >= 4 is 5.78 Å². The SMILES string of the molecule is O=C(CCC1CCCC1)C1CCOC2(CCOC2)C1. The molecule has 2 atom stereocenters. The summed E-state index contributed by atoms with van der Waals surface area (Å²) >= 11 is 0. The van der Waals surface area contributed by atoms with Crippen LogP contribution in [0.2, 0.25) is 0 Å². The monoisotopic (exact) mass is 266 g/mol. The smallest absolute Gasteiger partial charge is 0.136 e. The lowest BCUT2D eigenvalue weighted by atomic mass is 9.81. The first-order valence-corrected chi connectivity index (χ1v) is 8.02. The van der Waals surface area contributed by atoms with Crippen molar-refractivity contribution in [2.24, 2.45) is 11.8 Å². The first-order chi connectivity index (χ1) is 9.27. The molecule has 3 nitrogen and oxygen atoms in total. The van der Waals surface area contributed by atoms with Gasteiger partial charge in [-0.15, -0.1) is 0 Å². The summed E-state index contributed by atoms with van der Waals surface area (Å²) in [5.41, 5.74) is -0.119. The van der Waals surface area contributed by atoms with E-state index in [9.17, 15) is 4.79 Å². The molecule has 1 spiro atoms. The number of carbonyl (C=O) groups is 1. The molecule has 19 heavy (non-hydrogen) atoms. The van der Waals surface area contributed by atoms with Crippen LogP contribution in [0.25, 0.3) is 0 Å². The fourth-order valence-electron chi connectivity index (χ4n) is 4.02. The van der Waals surface area contributed by atoms with E-state index in [0.29, 0.717) is 12.4 Å². The van der Waals surface area contributed by atoms with Crippen molar-refractivity contribution in [2.75, 3.05) is 19.8 Å². The molecule has 0 aromatic heterocycles. The third kappa shape index (κ3) is 3.19. The third-order valence-corrected chi connectivity index (χ3v) is 5.29. The molecule has 3 heteroatoms. The summed E-state index contributed by atoms with van der Waals surface area (Å²) in [7, 11) is 0. The minimum atomic E-state index is -0.119. The lowest BCUT2D eigenvalue weighted by Crippen LogP contribution is -2.42. The van der Waals surface area contributed by atoms with Crippen LogP contribution in [0.3, 0.4) is 0 Å². The van der Waals surface area contributed by atoms with Crippen molar-refractivity contribution in [3.63, 3.8) is 0 Å². The van der Waals surface area contributed by atoms with E-state index in [0.717, 1.165) is 51.2 Å². The zero-order valence-electron chi connectivity index (χ0n) is 11.9. The Morgan fingerprint density at radius 2 is 2.00 bits per heavy atom. The lowest BCUT2D eigenvalue weighted by molar-refractivity contribution is -0.137. The molecule has 2 aliphatic heterocycles. The topological polar surface area (TPSA) is 35.5 Å². The van der Waals surface area contributed by atoms with E-state index in [1.54, 1.807) is 0 Å². The van der Waals surface area contributed by atoms with Gasteiger partial charge in [0.15, 0.2) is 0 Å². The maximum absolute atomic E-state index is 12.4. The first-order valence-electron chi connectivity index (χ1n) is 8.02. The zero-order valence-corrected chi connectivity index (χ0v) is 11.9. The number of ether oxygens (including phenoxy) is 2. The van der Waals surface area contributed by atoms with E-state index in [-0.39, 0.29) is 11.5 Å². The molecule has 2 saturated heterocycles. The average Bonchev–Trinajstić information content (AvgIpc) is 3.08. The van der Waals surface area contributed by atoms with Crippen LogP contribution >= 0.6 is 0 Å². The molecule has 0 aromatic carbocycles. The van der Waals surface area contributed by atoms with Gasteiger partial charge < -0.3 is 9.47 Å². The molecule has 0 amide bonds. The molecule has 108 valence electrons. The molecule has 3 aliphatic rings. The number of rotatable bonds is 4. The predicted molar refractivity (Wildman–Crippen MR) is 73.0 cm³/mol. The fraction of sp³-hybridized carbons (Fsp3) is 0.938. The predicted octanol–water partition coefficient (Wildman–Crippen LogP) is 3.11. The fourth-order valence-corrected chi connectivity index (χ4v) is 4.02. The van der Waals surface area contributed by atoms with Gasteiger partial charge in [0.2, 0.25) is 0 Å². The number of carbonyl (C=O) groups excluding carboxylic acids is 1. The van der Waals surface area contributed by atoms with Crippen LogP contribution in [0.15, 0.2) is 0 Å². The average molecular weight is 266 g/mol. The number of hydrogen-bond acceptors (Lipinski definition) is 3. The summed E-state index contributed by atoms with van der Waals surface area (Å²) in [6, 6.07) is 0. The van der Waals surface area contributed by atoms with Crippen molar-refractivity contribution in [3.8, 4) is 0 Å². The van der Waals surface area contributed by atoms with Gasteiger partial charge in [-0.25, -0.2) is 0 Å². The normalized spacial score (nSPS) is 36.1. The highest BCUT2D eigenvalue weighted by molar-refractivity contribution is 5.81. The molecule has 0 radical (unpaired) electrons. The quantitative estimate of drug-likeness (QED) is 0.784. The number of ketones is 1. The molecular weight excluding hydrogens is 240 g/mol. The minimum Gasteiger partial charge on any atom is -0.378 e. The molecule has 0 aromatic rings. The van der Waals surface area contributed by atoms with E-state index in [1.165, 1.54) is 25.7 Å². The first kappa shape index (κ1) is 13.6. The Balaban J connectivity index is 1.48. The van der Waals surface area contributed by atoms with Crippen LogP contribution in [0.5, 0.6) is 0 Å². The van der Waals surface area contributed by atoms with Crippen molar-refractivity contribution in [2.45, 2.75) is 63.4 Å². The molecular formula is C16H26O3. The summed E-state index contributed by atoms with van der Waals surface area (Å²) in [5.74, 6) is 1.55. The Morgan fingerprint density at radius 1 is 1.16 bits per heavy atom. The number of hydrogen-bond donors (Lipinski definition) is 0. The molecule has 3 rings (SSSR count). The van der Waals surface area contributed by atoms with Crippen molar-refractivity contribution < 1.29 is 14.3 Å². The van der Waals surface area contributed by atoms with Gasteiger partial charge in [0.25, 0.3) is 0 Å². The Labute approximate surface area is 116 Å². The van der Waals surface area contributed by atoms with Gasteiger partial charge in [-0.2, -0.15) is 0 Å². The van der Waals surface area contributed by atoms with Gasteiger partial charge in [-0.1, -0.05) is 25.7 Å². The van der Waals surface area contributed by atoms with Gasteiger partial charge in [0.1, 0.15) is 5.78 Å². The van der Waals surface area contributed by atoms with Gasteiger partial charge in [-0.3, -0.25) is 4.79 Å². The van der Waals surface area contributed by atoms with Gasteiger partial charge in [0, 0.05) is 32.0 Å². The molecule has 3 fully saturated rings. The molecule has 2 unspecified atom stereocenters. The van der Waals surface area contributed by atoms with Crippen LogP contribution in [0, 0.1) is 11.8 Å². The molecule has 1 saturated carbocycles. The van der Waals surface area contributed by atoms with Crippen LogP contribution < -0.4 is 0 Å². The van der Waals surface area contributed by atoms with Crippen LogP contribution in [0.4, 0.5) is 0 Å². The molecule has 0 N–H and O–H groups in total. The Bertz CT molecular complexity index is 314. The molecule has 2 heterocycles. The van der Waals surface area contributed by atoms with E-state index in [1.807, 2.05) is 0 Å². The lowest BCUT2D eigenvalue weighted by Gasteiger charge is -2.36. The summed E-state index contributed by atoms with van der Waals surface area (Å²) in [6.07, 6.45) is 10.2. The van der Waals surface area contributed by atoms with Crippen molar-refractivity contribution in [1.29, 1.82) is 0 Å². The highest BCUT2D eigenvalue weighted by atomic mass is 16.6. The van der Waals surface area contributed by atoms with Gasteiger partial charge in [-0.05, 0) is 25.2 Å². The second-order valence-electron chi connectivity index (χ2n) is 6.68. The molecule has 1 aliphatic carbocycles. The van der Waals surface area contributed by atoms with Gasteiger partial charge >= 0.3 is 0 Å². The second kappa shape index (κ2) is 5.92. The van der Waals surface area contributed by atoms with Crippen molar-refractivity contribution in [1.82, 2.24) is 0 Å². The third-order valence-electron chi connectivity index (χ3n) is 5.29. The van der Waals surface area contributed by atoms with Crippen LogP contribution in [-0.4, -0.2) is 31.2 Å². The van der Waals surface area contributed by atoms with E-state index in [4.69, 9.17) is 9.47 Å². The summed E-state index contributed by atoms with van der Waals surface area (Å²) in [5, 5.41) is 0. The summed E-state index contributed by atoms with van der Waals surface area (Å²) in [6.45, 7) is 2.23. The maximum atomic E-state index is 12.4. The maximum Gasteiger partial charge on any atom is 0.136 e. The van der Waals surface area contributed by atoms with E-state index < -0.39 is 0 Å². The largest absolute Gasteiger partial charge is 0.378 e. The minimum absolute atomic E-state index is 0.119. The van der Waals surface area contributed by atoms with E-state index in [2.05, 4.69) is 0 Å². The van der Waals surface area contributed by atoms with Crippen LogP contribution in [0.1, 0.15) is 57.8 Å². The standard InChI is InChI=1S/C16H26O3/c17-15(6-5-13-3-1-2-4-13)14-7-9-19-16(11-14)8-10-18-12-16/h13-14H,1-12H2. The zero-order chi connectivity index (χ0) is 13.1. The highest BCUT2D eigenvalue weighted by Crippen LogP contribution is 2.37. The highest BCUT2D eigenvalue weighted by Gasteiger charge is 2.42. The Morgan fingerprint density at radius 3 is 2.74 bits per heavy atom.